The molecule has 1 aliphatic rings. The van der Waals surface area contributed by atoms with Crippen LogP contribution in [-0.2, 0) is 5.60 Å². The Bertz CT molecular complexity index is 567. The molecule has 1 aliphatic carbocycles. The zero-order valence-corrected chi connectivity index (χ0v) is 12.7. The Morgan fingerprint density at radius 1 is 0.850 bits per heavy atom. The fourth-order valence-corrected chi connectivity index (χ4v) is 3.05. The van der Waals surface area contributed by atoms with E-state index in [-0.39, 0.29) is 5.41 Å². The highest BCUT2D eigenvalue weighted by Gasteiger charge is 2.56. The van der Waals surface area contributed by atoms with E-state index in [1.807, 2.05) is 48.5 Å². The summed E-state index contributed by atoms with van der Waals surface area (Å²) in [5, 5.41) is 12.8. The van der Waals surface area contributed by atoms with Crippen molar-refractivity contribution >= 4 is 23.2 Å². The molecule has 1 fully saturated rings. The summed E-state index contributed by atoms with van der Waals surface area (Å²) in [4.78, 5) is 0. The van der Waals surface area contributed by atoms with Crippen LogP contribution in [0.2, 0.25) is 10.0 Å². The molecule has 0 saturated heterocycles. The molecule has 1 saturated carbocycles. The Hall–Kier alpha value is -1.02. The first kappa shape index (κ1) is 13.9. The first-order valence-electron chi connectivity index (χ1n) is 6.70. The van der Waals surface area contributed by atoms with Gasteiger partial charge in [0.2, 0.25) is 0 Å². The van der Waals surface area contributed by atoms with E-state index in [1.54, 1.807) is 0 Å². The molecule has 0 heterocycles. The van der Waals surface area contributed by atoms with Gasteiger partial charge in [-0.3, -0.25) is 0 Å². The van der Waals surface area contributed by atoms with E-state index in [0.717, 1.165) is 24.0 Å². The quantitative estimate of drug-likeness (QED) is 0.843. The molecule has 2 aromatic rings. The van der Waals surface area contributed by atoms with Gasteiger partial charge in [-0.2, -0.15) is 0 Å². The van der Waals surface area contributed by atoms with Crippen LogP contribution < -0.4 is 0 Å². The molecule has 3 rings (SSSR count). The molecule has 0 unspecified atom stereocenters. The zero-order valence-electron chi connectivity index (χ0n) is 11.2. The lowest BCUT2D eigenvalue weighted by Gasteiger charge is -2.36. The SMILES string of the molecule is CC1(C(O)(c2ccc(Cl)cc2)c2ccc(Cl)cc2)CC1. The van der Waals surface area contributed by atoms with Crippen LogP contribution in [0, 0.1) is 5.41 Å². The van der Waals surface area contributed by atoms with Gasteiger partial charge < -0.3 is 5.11 Å². The molecule has 104 valence electrons. The molecule has 1 nitrogen and oxygen atoms in total. The first-order valence-corrected chi connectivity index (χ1v) is 7.46. The maximum absolute atomic E-state index is 11.4. The van der Waals surface area contributed by atoms with Crippen molar-refractivity contribution in [1.29, 1.82) is 0 Å². The van der Waals surface area contributed by atoms with E-state index in [9.17, 15) is 5.11 Å². The summed E-state index contributed by atoms with van der Waals surface area (Å²) in [5.74, 6) is 0. The molecule has 0 radical (unpaired) electrons. The molecule has 0 atom stereocenters. The highest BCUT2D eigenvalue weighted by atomic mass is 35.5. The third-order valence-corrected chi connectivity index (χ3v) is 4.90. The van der Waals surface area contributed by atoms with Crippen molar-refractivity contribution < 1.29 is 5.11 Å². The van der Waals surface area contributed by atoms with E-state index in [4.69, 9.17) is 23.2 Å². The number of benzene rings is 2. The van der Waals surface area contributed by atoms with E-state index in [1.165, 1.54) is 0 Å². The van der Waals surface area contributed by atoms with E-state index >= 15 is 0 Å². The fourth-order valence-electron chi connectivity index (χ4n) is 2.80. The third kappa shape index (κ3) is 2.14. The Labute approximate surface area is 129 Å². The molecule has 20 heavy (non-hydrogen) atoms. The largest absolute Gasteiger partial charge is 0.380 e. The summed E-state index contributed by atoms with van der Waals surface area (Å²) in [6, 6.07) is 14.9. The Balaban J connectivity index is 2.14. The molecule has 0 aliphatic heterocycles. The minimum absolute atomic E-state index is 0.130. The average Bonchev–Trinajstić information content (AvgIpc) is 3.19. The van der Waals surface area contributed by atoms with Crippen LogP contribution >= 0.6 is 23.2 Å². The van der Waals surface area contributed by atoms with Gasteiger partial charge in [0.25, 0.3) is 0 Å². The maximum atomic E-state index is 11.4. The highest BCUT2D eigenvalue weighted by molar-refractivity contribution is 6.30. The van der Waals surface area contributed by atoms with Crippen LogP contribution in [0.15, 0.2) is 48.5 Å². The van der Waals surface area contributed by atoms with Gasteiger partial charge in [0, 0.05) is 15.5 Å². The van der Waals surface area contributed by atoms with Crippen molar-refractivity contribution in [1.82, 2.24) is 0 Å². The van der Waals surface area contributed by atoms with Crippen LogP contribution in [0.3, 0.4) is 0 Å². The van der Waals surface area contributed by atoms with Crippen LogP contribution in [0.4, 0.5) is 0 Å². The van der Waals surface area contributed by atoms with Crippen molar-refractivity contribution in [2.75, 3.05) is 0 Å². The van der Waals surface area contributed by atoms with Crippen LogP contribution in [-0.4, -0.2) is 5.11 Å². The Kier molecular flexibility index (Phi) is 3.32. The third-order valence-electron chi connectivity index (χ3n) is 4.40. The number of hydrogen-bond donors (Lipinski definition) is 1. The predicted molar refractivity (Wildman–Crippen MR) is 83.2 cm³/mol. The van der Waals surface area contributed by atoms with Crippen molar-refractivity contribution in [3.05, 3.63) is 69.7 Å². The summed E-state index contributed by atoms with van der Waals surface area (Å²) < 4.78 is 0. The molecule has 3 heteroatoms. The molecule has 1 N–H and O–H groups in total. The van der Waals surface area contributed by atoms with Crippen molar-refractivity contribution in [2.24, 2.45) is 5.41 Å². The van der Waals surface area contributed by atoms with Gasteiger partial charge in [-0.25, -0.2) is 0 Å². The van der Waals surface area contributed by atoms with Gasteiger partial charge in [0.15, 0.2) is 0 Å². The standard InChI is InChI=1S/C17H16Cl2O/c1-16(10-11-16)17(20,12-2-6-14(18)7-3-12)13-4-8-15(19)9-5-13/h2-9,20H,10-11H2,1H3. The second-order valence-corrected chi connectivity index (χ2v) is 6.66. The molecule has 0 bridgehead atoms. The van der Waals surface area contributed by atoms with Gasteiger partial charge in [-0.05, 0) is 48.2 Å². The van der Waals surface area contributed by atoms with Crippen molar-refractivity contribution in [3.8, 4) is 0 Å². The fraction of sp³-hybridized carbons (Fsp3) is 0.294. The van der Waals surface area contributed by atoms with Gasteiger partial charge in [-0.1, -0.05) is 54.4 Å². The normalized spacial score (nSPS) is 17.0. The highest BCUT2D eigenvalue weighted by Crippen LogP contribution is 2.60. The molecule has 0 amide bonds. The van der Waals surface area contributed by atoms with Gasteiger partial charge in [0.05, 0.1) is 0 Å². The molecule has 0 spiro atoms. The van der Waals surface area contributed by atoms with Crippen molar-refractivity contribution in [3.63, 3.8) is 0 Å². The number of hydrogen-bond acceptors (Lipinski definition) is 1. The molecular weight excluding hydrogens is 291 g/mol. The topological polar surface area (TPSA) is 20.2 Å². The van der Waals surface area contributed by atoms with E-state index in [2.05, 4.69) is 6.92 Å². The summed E-state index contributed by atoms with van der Waals surface area (Å²) in [6.45, 7) is 2.12. The lowest BCUT2D eigenvalue weighted by molar-refractivity contribution is 0.00975. The van der Waals surface area contributed by atoms with Crippen LogP contribution in [0.5, 0.6) is 0 Å². The molecule has 0 aromatic heterocycles. The minimum Gasteiger partial charge on any atom is -0.380 e. The summed E-state index contributed by atoms with van der Waals surface area (Å²) in [7, 11) is 0. The minimum atomic E-state index is -0.998. The monoisotopic (exact) mass is 306 g/mol. The lowest BCUT2D eigenvalue weighted by Crippen LogP contribution is -2.36. The van der Waals surface area contributed by atoms with Gasteiger partial charge >= 0.3 is 0 Å². The predicted octanol–water partition coefficient (Wildman–Crippen LogP) is 5.03. The Morgan fingerprint density at radius 3 is 1.50 bits per heavy atom. The maximum Gasteiger partial charge on any atom is 0.120 e. The number of aliphatic hydroxyl groups is 1. The summed E-state index contributed by atoms with van der Waals surface area (Å²) >= 11 is 11.9. The van der Waals surface area contributed by atoms with Gasteiger partial charge in [-0.15, -0.1) is 0 Å². The first-order chi connectivity index (χ1) is 9.46. The second-order valence-electron chi connectivity index (χ2n) is 5.78. The van der Waals surface area contributed by atoms with E-state index in [0.29, 0.717) is 10.0 Å². The second kappa shape index (κ2) is 4.77. The average molecular weight is 307 g/mol. The molecular formula is C17H16Cl2O. The van der Waals surface area contributed by atoms with Gasteiger partial charge in [0.1, 0.15) is 5.60 Å². The summed E-state index contributed by atoms with van der Waals surface area (Å²) in [5.41, 5.74) is 0.630. The van der Waals surface area contributed by atoms with Crippen LogP contribution in [0.1, 0.15) is 30.9 Å². The summed E-state index contributed by atoms with van der Waals surface area (Å²) in [6.07, 6.45) is 2.02. The Morgan fingerprint density at radius 2 is 1.20 bits per heavy atom. The number of halogens is 2. The molecule has 2 aromatic carbocycles. The zero-order chi connectivity index (χ0) is 14.4. The van der Waals surface area contributed by atoms with Crippen molar-refractivity contribution in [2.45, 2.75) is 25.4 Å². The smallest absolute Gasteiger partial charge is 0.120 e. The number of rotatable bonds is 3. The van der Waals surface area contributed by atoms with Crippen LogP contribution in [0.25, 0.3) is 0 Å². The van der Waals surface area contributed by atoms with E-state index < -0.39 is 5.60 Å². The lowest BCUT2D eigenvalue weighted by atomic mass is 9.74.